The van der Waals surface area contributed by atoms with E-state index in [1.165, 1.54) is 64.5 Å². The van der Waals surface area contributed by atoms with Crippen LogP contribution in [0.25, 0.3) is 0 Å². The number of piperidine rings is 2. The van der Waals surface area contributed by atoms with Gasteiger partial charge in [0.05, 0.1) is 0 Å². The molecule has 2 nitrogen and oxygen atoms in total. The monoisotopic (exact) mass is 306 g/mol. The molecule has 3 heterocycles. The van der Waals surface area contributed by atoms with Crippen LogP contribution in [0, 0.1) is 11.8 Å². The van der Waals surface area contributed by atoms with Crippen molar-refractivity contribution in [3.8, 4) is 0 Å². The van der Waals surface area contributed by atoms with E-state index < -0.39 is 0 Å². The minimum atomic E-state index is 0.776. The van der Waals surface area contributed by atoms with Crippen LogP contribution in [-0.4, -0.2) is 47.1 Å². The van der Waals surface area contributed by atoms with Crippen LogP contribution in [0.3, 0.4) is 0 Å². The quantitative estimate of drug-likeness (QED) is 0.739. The summed E-state index contributed by atoms with van der Waals surface area (Å²) in [6.07, 6.45) is 11.9. The second-order valence-corrected chi connectivity index (χ2v) is 8.95. The van der Waals surface area contributed by atoms with Gasteiger partial charge >= 0.3 is 0 Å². The van der Waals surface area contributed by atoms with Gasteiger partial charge in [0.2, 0.25) is 0 Å². The Kier molecular flexibility index (Phi) is 5.50. The van der Waals surface area contributed by atoms with Gasteiger partial charge in [-0.25, -0.2) is 0 Å². The largest absolute Gasteiger partial charge is 0.300 e. The topological polar surface area (TPSA) is 6.48 Å². The highest BCUT2D eigenvalue weighted by Gasteiger charge is 2.37. The van der Waals surface area contributed by atoms with Crippen LogP contribution in [0.5, 0.6) is 0 Å². The van der Waals surface area contributed by atoms with Crippen molar-refractivity contribution in [1.29, 1.82) is 0 Å². The average molecular weight is 307 g/mol. The molecule has 4 bridgehead atoms. The lowest BCUT2D eigenvalue weighted by molar-refractivity contribution is 0.104. The van der Waals surface area contributed by atoms with Gasteiger partial charge in [0.25, 0.3) is 0 Å². The Bertz CT molecular complexity index is 324. The third-order valence-corrected chi connectivity index (χ3v) is 6.71. The maximum absolute atomic E-state index is 2.75. The summed E-state index contributed by atoms with van der Waals surface area (Å²) >= 11 is 0. The van der Waals surface area contributed by atoms with Gasteiger partial charge < -0.3 is 4.90 Å². The zero-order valence-electron chi connectivity index (χ0n) is 15.4. The molecule has 22 heavy (non-hydrogen) atoms. The molecule has 0 aromatic carbocycles. The van der Waals surface area contributed by atoms with E-state index in [0.29, 0.717) is 0 Å². The second-order valence-electron chi connectivity index (χ2n) is 8.95. The fraction of sp³-hybridized carbons (Fsp3) is 1.00. The summed E-state index contributed by atoms with van der Waals surface area (Å²) in [7, 11) is 0. The molecule has 0 N–H and O–H groups in total. The standard InChI is InChI=1S/2C10H19N/c1-8(2)11-6-9-3-4-10(5-9)7-11;1-8(2)11-9-4-3-5-10(11)7-6-9/h2*8-10H,3-7H2,1-2H3. The van der Waals surface area contributed by atoms with Crippen molar-refractivity contribution in [2.45, 2.75) is 103 Å². The Balaban J connectivity index is 0.000000131. The second kappa shape index (κ2) is 7.21. The third kappa shape index (κ3) is 3.70. The Morgan fingerprint density at radius 2 is 1.23 bits per heavy atom. The van der Waals surface area contributed by atoms with Gasteiger partial charge in [-0.15, -0.1) is 0 Å². The van der Waals surface area contributed by atoms with Crippen molar-refractivity contribution >= 4 is 0 Å². The summed E-state index contributed by atoms with van der Waals surface area (Å²) in [4.78, 5) is 5.41. The molecule has 4 rings (SSSR count). The Morgan fingerprint density at radius 3 is 1.64 bits per heavy atom. The Morgan fingerprint density at radius 1 is 0.682 bits per heavy atom. The van der Waals surface area contributed by atoms with E-state index in [1.54, 1.807) is 0 Å². The number of hydrogen-bond acceptors (Lipinski definition) is 2. The summed E-state index contributed by atoms with van der Waals surface area (Å²) in [5, 5.41) is 0. The van der Waals surface area contributed by atoms with Gasteiger partial charge in [-0.2, -0.15) is 0 Å². The molecule has 0 aromatic rings. The molecule has 4 fully saturated rings. The Hall–Kier alpha value is -0.0800. The molecule has 0 spiro atoms. The summed E-state index contributed by atoms with van der Waals surface area (Å²) in [6, 6.07) is 3.47. The van der Waals surface area contributed by atoms with Crippen LogP contribution >= 0.6 is 0 Å². The highest BCUT2D eigenvalue weighted by atomic mass is 15.2. The van der Waals surface area contributed by atoms with E-state index >= 15 is 0 Å². The van der Waals surface area contributed by atoms with Gasteiger partial charge in [0.1, 0.15) is 0 Å². The summed E-state index contributed by atoms with van der Waals surface area (Å²) < 4.78 is 0. The fourth-order valence-corrected chi connectivity index (χ4v) is 5.67. The van der Waals surface area contributed by atoms with Crippen LogP contribution in [-0.2, 0) is 0 Å². The molecule has 0 aromatic heterocycles. The highest BCUT2D eigenvalue weighted by molar-refractivity contribution is 4.93. The fourth-order valence-electron chi connectivity index (χ4n) is 5.67. The zero-order chi connectivity index (χ0) is 15.7. The Labute approximate surface area is 138 Å². The van der Waals surface area contributed by atoms with E-state index in [9.17, 15) is 0 Å². The number of rotatable bonds is 2. The molecule has 4 atom stereocenters. The number of fused-ring (bicyclic) bond motifs is 4. The smallest absolute Gasteiger partial charge is 0.0101 e. The van der Waals surface area contributed by atoms with Crippen molar-refractivity contribution in [3.63, 3.8) is 0 Å². The van der Waals surface area contributed by atoms with E-state index in [4.69, 9.17) is 0 Å². The first-order valence-corrected chi connectivity index (χ1v) is 10.1. The van der Waals surface area contributed by atoms with Crippen LogP contribution in [0.4, 0.5) is 0 Å². The van der Waals surface area contributed by atoms with Gasteiger partial charge in [0, 0.05) is 37.3 Å². The zero-order valence-corrected chi connectivity index (χ0v) is 15.4. The van der Waals surface area contributed by atoms with E-state index in [-0.39, 0.29) is 0 Å². The first-order valence-electron chi connectivity index (χ1n) is 10.1. The number of nitrogens with zero attached hydrogens (tertiary/aromatic N) is 2. The number of hydrogen-bond donors (Lipinski definition) is 0. The molecule has 1 aliphatic carbocycles. The lowest BCUT2D eigenvalue weighted by Gasteiger charge is -2.37. The van der Waals surface area contributed by atoms with Gasteiger partial charge in [-0.1, -0.05) is 6.42 Å². The van der Waals surface area contributed by atoms with Crippen molar-refractivity contribution in [2.24, 2.45) is 11.8 Å². The molecule has 3 saturated heterocycles. The maximum Gasteiger partial charge on any atom is 0.0101 e. The molecule has 2 heteroatoms. The normalized spacial score (nSPS) is 38.5. The van der Waals surface area contributed by atoms with E-state index in [1.807, 2.05) is 0 Å². The maximum atomic E-state index is 2.75. The molecule has 1 saturated carbocycles. The summed E-state index contributed by atoms with van der Waals surface area (Å²) in [6.45, 7) is 12.1. The van der Waals surface area contributed by atoms with Crippen molar-refractivity contribution in [2.75, 3.05) is 13.1 Å². The van der Waals surface area contributed by atoms with Crippen molar-refractivity contribution < 1.29 is 0 Å². The molecule has 4 aliphatic rings. The highest BCUT2D eigenvalue weighted by Crippen LogP contribution is 2.37. The first-order chi connectivity index (χ1) is 10.5. The van der Waals surface area contributed by atoms with Crippen LogP contribution in [0.15, 0.2) is 0 Å². The van der Waals surface area contributed by atoms with Crippen LogP contribution in [0.2, 0.25) is 0 Å². The molecule has 4 unspecified atom stereocenters. The molecular formula is C20H38N2. The minimum absolute atomic E-state index is 0.776. The average Bonchev–Trinajstić information content (AvgIpc) is 2.95. The molecule has 0 amide bonds. The van der Waals surface area contributed by atoms with E-state index in [0.717, 1.165) is 36.0 Å². The SMILES string of the molecule is CC(C)N1C2CCCC1CC2.CC(C)N1CC2CCC(C2)C1. The molecule has 0 radical (unpaired) electrons. The van der Waals surface area contributed by atoms with Gasteiger partial charge in [0.15, 0.2) is 0 Å². The predicted octanol–water partition coefficient (Wildman–Crippen LogP) is 4.54. The minimum Gasteiger partial charge on any atom is -0.300 e. The van der Waals surface area contributed by atoms with Crippen molar-refractivity contribution in [3.05, 3.63) is 0 Å². The van der Waals surface area contributed by atoms with Gasteiger partial charge in [-0.05, 0) is 84.5 Å². The van der Waals surface area contributed by atoms with E-state index in [2.05, 4.69) is 37.5 Å². The van der Waals surface area contributed by atoms with Crippen LogP contribution < -0.4 is 0 Å². The van der Waals surface area contributed by atoms with Gasteiger partial charge in [-0.3, -0.25) is 4.90 Å². The predicted molar refractivity (Wildman–Crippen MR) is 95.2 cm³/mol. The lowest BCUT2D eigenvalue weighted by Crippen LogP contribution is -2.43. The molecular weight excluding hydrogens is 268 g/mol. The summed E-state index contributed by atoms with van der Waals surface area (Å²) in [5.74, 6) is 2.10. The molecule has 3 aliphatic heterocycles. The third-order valence-electron chi connectivity index (χ3n) is 6.71. The van der Waals surface area contributed by atoms with Crippen LogP contribution in [0.1, 0.15) is 79.1 Å². The lowest BCUT2D eigenvalue weighted by atomic mass is 9.98. The first kappa shape index (κ1) is 16.8. The molecule has 128 valence electrons. The summed E-state index contributed by atoms with van der Waals surface area (Å²) in [5.41, 5.74) is 0. The number of likely N-dealkylation sites (tertiary alicyclic amines) is 1. The van der Waals surface area contributed by atoms with Crippen molar-refractivity contribution in [1.82, 2.24) is 9.80 Å².